The van der Waals surface area contributed by atoms with Crippen molar-refractivity contribution in [2.75, 3.05) is 13.2 Å². The third kappa shape index (κ3) is 12.4. The van der Waals surface area contributed by atoms with Crippen molar-refractivity contribution in [3.63, 3.8) is 0 Å². The zero-order valence-electron chi connectivity index (χ0n) is 18.5. The molecule has 5 heteroatoms. The van der Waals surface area contributed by atoms with Gasteiger partial charge in [0, 0.05) is 0 Å². The fourth-order valence-corrected chi connectivity index (χ4v) is 3.15. The van der Waals surface area contributed by atoms with Gasteiger partial charge in [0.2, 0.25) is 11.5 Å². The summed E-state index contributed by atoms with van der Waals surface area (Å²) in [6, 6.07) is 2.94. The summed E-state index contributed by atoms with van der Waals surface area (Å²) in [5, 5.41) is 0. The predicted octanol–water partition coefficient (Wildman–Crippen LogP) is 7.09. The van der Waals surface area contributed by atoms with Gasteiger partial charge in [-0.05, 0) is 25.0 Å². The summed E-state index contributed by atoms with van der Waals surface area (Å²) in [5.74, 6) is -0.948. The highest BCUT2D eigenvalue weighted by molar-refractivity contribution is 5.90. The van der Waals surface area contributed by atoms with E-state index in [9.17, 15) is 9.59 Å². The van der Waals surface area contributed by atoms with Gasteiger partial charge < -0.3 is 13.9 Å². The van der Waals surface area contributed by atoms with E-state index in [2.05, 4.69) is 13.8 Å². The second-order valence-corrected chi connectivity index (χ2v) is 7.68. The van der Waals surface area contributed by atoms with Gasteiger partial charge in [-0.25, -0.2) is 9.59 Å². The summed E-state index contributed by atoms with van der Waals surface area (Å²) in [7, 11) is 0. The molecule has 0 atom stereocenters. The Morgan fingerprint density at radius 3 is 1.34 bits per heavy atom. The largest absolute Gasteiger partial charge is 0.460 e. The Balaban J connectivity index is 2.12. The first kappa shape index (κ1) is 25.3. The lowest BCUT2D eigenvalue weighted by molar-refractivity contribution is 0.0427. The van der Waals surface area contributed by atoms with Gasteiger partial charge in [0.25, 0.3) is 0 Å². The van der Waals surface area contributed by atoms with Crippen LogP contribution in [-0.4, -0.2) is 25.2 Å². The number of furan rings is 1. The summed E-state index contributed by atoms with van der Waals surface area (Å²) >= 11 is 0. The van der Waals surface area contributed by atoms with E-state index in [-0.39, 0.29) is 11.5 Å². The Labute approximate surface area is 176 Å². The molecule has 0 radical (unpaired) electrons. The number of rotatable bonds is 18. The molecule has 1 aromatic rings. The van der Waals surface area contributed by atoms with Crippen molar-refractivity contribution in [2.24, 2.45) is 0 Å². The van der Waals surface area contributed by atoms with Crippen LogP contribution in [0.5, 0.6) is 0 Å². The molecule has 0 amide bonds. The molecule has 0 saturated heterocycles. The molecule has 0 spiro atoms. The van der Waals surface area contributed by atoms with Crippen LogP contribution in [0.1, 0.15) is 125 Å². The number of ether oxygens (including phenoxy) is 2. The molecule has 5 nitrogen and oxygen atoms in total. The molecule has 0 aliphatic carbocycles. The molecule has 0 N–H and O–H groups in total. The summed E-state index contributed by atoms with van der Waals surface area (Å²) in [4.78, 5) is 24.0. The Morgan fingerprint density at radius 1 is 0.621 bits per heavy atom. The third-order valence-electron chi connectivity index (χ3n) is 4.97. The number of carbonyl (C=O) groups is 2. The minimum absolute atomic E-state index is 0.0517. The topological polar surface area (TPSA) is 65.7 Å². The van der Waals surface area contributed by atoms with Gasteiger partial charge in [0.1, 0.15) is 0 Å². The van der Waals surface area contributed by atoms with Crippen molar-refractivity contribution in [3.8, 4) is 0 Å². The summed E-state index contributed by atoms with van der Waals surface area (Å²) in [6.45, 7) is 5.17. The highest BCUT2D eigenvalue weighted by Gasteiger charge is 2.17. The van der Waals surface area contributed by atoms with Gasteiger partial charge in [-0.2, -0.15) is 0 Å². The maximum Gasteiger partial charge on any atom is 0.374 e. The molecule has 0 saturated carbocycles. The zero-order chi connectivity index (χ0) is 21.2. The van der Waals surface area contributed by atoms with Gasteiger partial charge in [0.05, 0.1) is 13.2 Å². The normalized spacial score (nSPS) is 10.8. The van der Waals surface area contributed by atoms with Crippen LogP contribution < -0.4 is 0 Å². The lowest BCUT2D eigenvalue weighted by atomic mass is 10.1. The molecule has 0 aromatic carbocycles. The second-order valence-electron chi connectivity index (χ2n) is 7.68. The highest BCUT2D eigenvalue weighted by Crippen LogP contribution is 2.13. The van der Waals surface area contributed by atoms with Crippen LogP contribution in [0.25, 0.3) is 0 Å². The Hall–Kier alpha value is -1.78. The van der Waals surface area contributed by atoms with E-state index in [4.69, 9.17) is 13.9 Å². The van der Waals surface area contributed by atoms with E-state index in [1.54, 1.807) is 0 Å². The summed E-state index contributed by atoms with van der Waals surface area (Å²) in [5.41, 5.74) is 0. The number of unbranched alkanes of at least 4 members (excludes halogenated alkanes) is 12. The van der Waals surface area contributed by atoms with Gasteiger partial charge in [-0.15, -0.1) is 0 Å². The molecule has 0 aliphatic rings. The minimum atomic E-state index is -0.526. The molecule has 1 rings (SSSR count). The Kier molecular flexibility index (Phi) is 14.9. The molecule has 29 heavy (non-hydrogen) atoms. The van der Waals surface area contributed by atoms with Crippen molar-refractivity contribution in [3.05, 3.63) is 23.7 Å². The molecule has 0 unspecified atom stereocenters. The van der Waals surface area contributed by atoms with Gasteiger partial charge in [0.15, 0.2) is 0 Å². The molecule has 1 heterocycles. The smallest absolute Gasteiger partial charge is 0.374 e. The average Bonchev–Trinajstić information content (AvgIpc) is 3.22. The highest BCUT2D eigenvalue weighted by atomic mass is 16.6. The maximum absolute atomic E-state index is 12.0. The first-order valence-electron chi connectivity index (χ1n) is 11.6. The maximum atomic E-state index is 12.0. The van der Waals surface area contributed by atoms with E-state index in [0.717, 1.165) is 25.7 Å². The summed E-state index contributed by atoms with van der Waals surface area (Å²) in [6.07, 6.45) is 16.3. The van der Waals surface area contributed by atoms with Crippen molar-refractivity contribution in [2.45, 2.75) is 104 Å². The standard InChI is InChI=1S/C24H40O5/c1-3-5-7-9-11-13-15-19-27-23(25)21-17-18-22(29-21)24(26)28-20-16-14-12-10-8-6-4-2/h17-18H,3-16,19-20H2,1-2H3. The van der Waals surface area contributed by atoms with E-state index in [0.29, 0.717) is 13.2 Å². The first-order valence-corrected chi connectivity index (χ1v) is 11.6. The zero-order valence-corrected chi connectivity index (χ0v) is 18.5. The van der Waals surface area contributed by atoms with Crippen LogP contribution in [0.2, 0.25) is 0 Å². The number of carbonyl (C=O) groups excluding carboxylic acids is 2. The van der Waals surface area contributed by atoms with E-state index < -0.39 is 11.9 Å². The Bertz CT molecular complexity index is 503. The van der Waals surface area contributed by atoms with Gasteiger partial charge >= 0.3 is 11.9 Å². The number of hydrogen-bond acceptors (Lipinski definition) is 5. The average molecular weight is 409 g/mol. The van der Waals surface area contributed by atoms with Crippen LogP contribution in [0.4, 0.5) is 0 Å². The fourth-order valence-electron chi connectivity index (χ4n) is 3.15. The molecular formula is C24H40O5. The van der Waals surface area contributed by atoms with Crippen molar-refractivity contribution >= 4 is 11.9 Å². The Morgan fingerprint density at radius 2 is 0.966 bits per heavy atom. The van der Waals surface area contributed by atoms with Crippen LogP contribution in [-0.2, 0) is 9.47 Å². The van der Waals surface area contributed by atoms with Crippen molar-refractivity contribution < 1.29 is 23.5 Å². The second kappa shape index (κ2) is 17.1. The third-order valence-corrected chi connectivity index (χ3v) is 4.97. The van der Waals surface area contributed by atoms with Crippen molar-refractivity contribution in [1.29, 1.82) is 0 Å². The van der Waals surface area contributed by atoms with Crippen LogP contribution in [0, 0.1) is 0 Å². The lowest BCUT2D eigenvalue weighted by Crippen LogP contribution is -2.07. The molecule has 0 aliphatic heterocycles. The fraction of sp³-hybridized carbons (Fsp3) is 0.750. The molecular weight excluding hydrogens is 368 g/mol. The van der Waals surface area contributed by atoms with Gasteiger partial charge in [-0.3, -0.25) is 0 Å². The quantitative estimate of drug-likeness (QED) is 0.191. The van der Waals surface area contributed by atoms with Crippen LogP contribution >= 0.6 is 0 Å². The number of hydrogen-bond donors (Lipinski definition) is 0. The van der Waals surface area contributed by atoms with Crippen LogP contribution in [0.3, 0.4) is 0 Å². The molecule has 0 bridgehead atoms. The van der Waals surface area contributed by atoms with E-state index in [1.807, 2.05) is 0 Å². The minimum Gasteiger partial charge on any atom is -0.460 e. The molecule has 166 valence electrons. The monoisotopic (exact) mass is 408 g/mol. The van der Waals surface area contributed by atoms with Gasteiger partial charge in [-0.1, -0.05) is 90.9 Å². The summed E-state index contributed by atoms with van der Waals surface area (Å²) < 4.78 is 15.7. The van der Waals surface area contributed by atoms with E-state index in [1.165, 1.54) is 76.3 Å². The lowest BCUT2D eigenvalue weighted by Gasteiger charge is -2.04. The SMILES string of the molecule is CCCCCCCCCOC(=O)c1ccc(C(=O)OCCCCCCCCC)o1. The molecule has 1 aromatic heterocycles. The predicted molar refractivity (Wildman–Crippen MR) is 115 cm³/mol. The number of esters is 2. The van der Waals surface area contributed by atoms with Crippen LogP contribution in [0.15, 0.2) is 16.5 Å². The molecule has 0 fully saturated rings. The van der Waals surface area contributed by atoms with E-state index >= 15 is 0 Å². The first-order chi connectivity index (χ1) is 14.2. The van der Waals surface area contributed by atoms with Crippen molar-refractivity contribution in [1.82, 2.24) is 0 Å².